The van der Waals surface area contributed by atoms with E-state index < -0.39 is 17.5 Å². The first-order valence-electron chi connectivity index (χ1n) is 5.70. The molecule has 0 bridgehead atoms. The minimum Gasteiger partial charge on any atom is -0.480 e. The van der Waals surface area contributed by atoms with Gasteiger partial charge in [-0.15, -0.1) is 0 Å². The van der Waals surface area contributed by atoms with E-state index in [0.717, 1.165) is 10.5 Å². The number of carbonyl (C=O) groups is 2. The molecule has 19 heavy (non-hydrogen) atoms. The lowest BCUT2D eigenvalue weighted by Gasteiger charge is -2.31. The van der Waals surface area contributed by atoms with E-state index >= 15 is 0 Å². The van der Waals surface area contributed by atoms with Crippen LogP contribution in [0.2, 0.25) is 5.02 Å². The van der Waals surface area contributed by atoms with Crippen LogP contribution in [-0.4, -0.2) is 34.6 Å². The second-order valence-electron chi connectivity index (χ2n) is 4.81. The zero-order valence-electron chi connectivity index (χ0n) is 11.3. The standard InChI is InChI=1S/C13H17ClN2O3/c1-8-7-9(14)5-6-10(8)15-12(19)16(4)13(2,3)11(17)18/h5-7H,1-4H3,(H,15,19)(H,17,18). The zero-order valence-corrected chi connectivity index (χ0v) is 12.1. The van der Waals surface area contributed by atoms with Gasteiger partial charge in [0.25, 0.3) is 0 Å². The van der Waals surface area contributed by atoms with Gasteiger partial charge in [0.2, 0.25) is 0 Å². The monoisotopic (exact) mass is 284 g/mol. The van der Waals surface area contributed by atoms with Gasteiger partial charge in [0.15, 0.2) is 0 Å². The van der Waals surface area contributed by atoms with E-state index in [9.17, 15) is 9.59 Å². The van der Waals surface area contributed by atoms with Crippen molar-refractivity contribution in [2.24, 2.45) is 0 Å². The maximum absolute atomic E-state index is 12.0. The molecule has 0 aliphatic carbocycles. The number of nitrogens with one attached hydrogen (secondary N) is 1. The van der Waals surface area contributed by atoms with Crippen LogP contribution >= 0.6 is 11.6 Å². The maximum atomic E-state index is 12.0. The van der Waals surface area contributed by atoms with Gasteiger partial charge >= 0.3 is 12.0 Å². The average Bonchev–Trinajstić information content (AvgIpc) is 2.31. The maximum Gasteiger partial charge on any atom is 0.329 e. The van der Waals surface area contributed by atoms with Crippen molar-refractivity contribution in [3.8, 4) is 0 Å². The molecule has 5 nitrogen and oxygen atoms in total. The highest BCUT2D eigenvalue weighted by atomic mass is 35.5. The molecule has 0 fully saturated rings. The van der Waals surface area contributed by atoms with Crippen LogP contribution in [0.25, 0.3) is 0 Å². The highest BCUT2D eigenvalue weighted by molar-refractivity contribution is 6.30. The number of hydrogen-bond acceptors (Lipinski definition) is 2. The number of amides is 2. The lowest BCUT2D eigenvalue weighted by molar-refractivity contribution is -0.146. The summed E-state index contributed by atoms with van der Waals surface area (Å²) in [5.74, 6) is -1.07. The number of nitrogens with zero attached hydrogens (tertiary/aromatic N) is 1. The van der Waals surface area contributed by atoms with E-state index in [1.165, 1.54) is 20.9 Å². The van der Waals surface area contributed by atoms with Crippen molar-refractivity contribution >= 4 is 29.3 Å². The number of halogens is 1. The number of carbonyl (C=O) groups excluding carboxylic acids is 1. The second kappa shape index (κ2) is 5.48. The number of aliphatic carboxylic acids is 1. The predicted octanol–water partition coefficient (Wildman–Crippen LogP) is 2.98. The lowest BCUT2D eigenvalue weighted by Crippen LogP contribution is -2.52. The third-order valence-electron chi connectivity index (χ3n) is 3.10. The summed E-state index contributed by atoms with van der Waals surface area (Å²) in [7, 11) is 1.44. The number of rotatable bonds is 3. The van der Waals surface area contributed by atoms with Gasteiger partial charge in [-0.05, 0) is 44.5 Å². The van der Waals surface area contributed by atoms with Gasteiger partial charge < -0.3 is 15.3 Å². The Kier molecular flexibility index (Phi) is 4.42. The Morgan fingerprint density at radius 3 is 2.42 bits per heavy atom. The molecule has 0 aliphatic rings. The van der Waals surface area contributed by atoms with Gasteiger partial charge in [-0.1, -0.05) is 11.6 Å². The highest BCUT2D eigenvalue weighted by Gasteiger charge is 2.35. The van der Waals surface area contributed by atoms with Crippen LogP contribution < -0.4 is 5.32 Å². The molecule has 2 N–H and O–H groups in total. The van der Waals surface area contributed by atoms with Crippen molar-refractivity contribution in [3.63, 3.8) is 0 Å². The van der Waals surface area contributed by atoms with E-state index in [4.69, 9.17) is 16.7 Å². The van der Waals surface area contributed by atoms with Crippen LogP contribution in [0.4, 0.5) is 10.5 Å². The molecule has 0 radical (unpaired) electrons. The summed E-state index contributed by atoms with van der Waals surface area (Å²) < 4.78 is 0. The molecule has 1 aromatic carbocycles. The lowest BCUT2D eigenvalue weighted by atomic mass is 10.0. The molecule has 1 aromatic rings. The van der Waals surface area contributed by atoms with Gasteiger partial charge in [-0.25, -0.2) is 9.59 Å². The summed E-state index contributed by atoms with van der Waals surface area (Å²) in [6, 6.07) is 4.57. The van der Waals surface area contributed by atoms with Crippen LogP contribution in [0.1, 0.15) is 19.4 Å². The van der Waals surface area contributed by atoms with Gasteiger partial charge in [0.1, 0.15) is 5.54 Å². The average molecular weight is 285 g/mol. The molecule has 0 saturated heterocycles. The molecular weight excluding hydrogens is 268 g/mol. The number of hydrogen-bond donors (Lipinski definition) is 2. The van der Waals surface area contributed by atoms with Crippen molar-refractivity contribution in [3.05, 3.63) is 28.8 Å². The first kappa shape index (κ1) is 15.3. The third-order valence-corrected chi connectivity index (χ3v) is 3.33. The molecule has 1 rings (SSSR count). The quantitative estimate of drug-likeness (QED) is 0.896. The summed E-state index contributed by atoms with van der Waals surface area (Å²) in [5.41, 5.74) is 0.120. The van der Waals surface area contributed by atoms with Crippen molar-refractivity contribution < 1.29 is 14.7 Å². The minimum absolute atomic E-state index is 0.488. The first-order chi connectivity index (χ1) is 8.66. The van der Waals surface area contributed by atoms with Crippen molar-refractivity contribution in [2.75, 3.05) is 12.4 Å². The molecule has 104 valence electrons. The Morgan fingerprint density at radius 2 is 1.95 bits per heavy atom. The first-order valence-corrected chi connectivity index (χ1v) is 6.08. The number of likely N-dealkylation sites (N-methyl/N-ethyl adjacent to an activating group) is 1. The van der Waals surface area contributed by atoms with Crippen LogP contribution in [0, 0.1) is 6.92 Å². The summed E-state index contributed by atoms with van der Waals surface area (Å²) in [5, 5.41) is 12.3. The fraction of sp³-hybridized carbons (Fsp3) is 0.385. The Morgan fingerprint density at radius 1 is 1.37 bits per heavy atom. The van der Waals surface area contributed by atoms with Gasteiger partial charge in [0.05, 0.1) is 0 Å². The molecule has 0 aromatic heterocycles. The van der Waals surface area contributed by atoms with Gasteiger partial charge in [-0.2, -0.15) is 0 Å². The summed E-state index contributed by atoms with van der Waals surface area (Å²) in [6.07, 6.45) is 0. The number of anilines is 1. The normalized spacial score (nSPS) is 11.0. The van der Waals surface area contributed by atoms with Gasteiger partial charge in [-0.3, -0.25) is 0 Å². The highest BCUT2D eigenvalue weighted by Crippen LogP contribution is 2.21. The number of aryl methyl sites for hydroxylation is 1. The van der Waals surface area contributed by atoms with Crippen LogP contribution in [0.5, 0.6) is 0 Å². The zero-order chi connectivity index (χ0) is 14.8. The van der Waals surface area contributed by atoms with Crippen LogP contribution in [0.3, 0.4) is 0 Å². The van der Waals surface area contributed by atoms with E-state index in [-0.39, 0.29) is 0 Å². The Bertz CT molecular complexity index is 515. The van der Waals surface area contributed by atoms with E-state index in [2.05, 4.69) is 5.32 Å². The fourth-order valence-electron chi connectivity index (χ4n) is 1.36. The molecule has 0 aliphatic heterocycles. The topological polar surface area (TPSA) is 69.6 Å². The minimum atomic E-state index is -1.29. The molecule has 2 amide bonds. The molecule has 0 unspecified atom stereocenters. The third kappa shape index (κ3) is 3.38. The Balaban J connectivity index is 2.88. The second-order valence-corrected chi connectivity index (χ2v) is 5.25. The van der Waals surface area contributed by atoms with Crippen LogP contribution in [-0.2, 0) is 4.79 Å². The molecule has 0 heterocycles. The van der Waals surface area contributed by atoms with Crippen molar-refractivity contribution in [1.29, 1.82) is 0 Å². The van der Waals surface area contributed by atoms with Crippen molar-refractivity contribution in [1.82, 2.24) is 4.90 Å². The predicted molar refractivity (Wildman–Crippen MR) is 74.7 cm³/mol. The number of benzene rings is 1. The fourth-order valence-corrected chi connectivity index (χ4v) is 1.59. The smallest absolute Gasteiger partial charge is 0.329 e. The van der Waals surface area contributed by atoms with Crippen molar-refractivity contribution in [2.45, 2.75) is 26.3 Å². The Labute approximate surface area is 117 Å². The Hall–Kier alpha value is -1.75. The summed E-state index contributed by atoms with van der Waals surface area (Å²) in [4.78, 5) is 24.3. The molecular formula is C13H17ClN2O3. The SMILES string of the molecule is Cc1cc(Cl)ccc1NC(=O)N(C)C(C)(C)C(=O)O. The van der Waals surface area contributed by atoms with Crippen LogP contribution in [0.15, 0.2) is 18.2 Å². The molecule has 0 spiro atoms. The van der Waals surface area contributed by atoms with E-state index in [1.807, 2.05) is 6.92 Å². The number of carboxylic acids is 1. The van der Waals surface area contributed by atoms with Gasteiger partial charge in [0, 0.05) is 17.8 Å². The summed E-state index contributed by atoms with van der Waals surface area (Å²) in [6.45, 7) is 4.73. The largest absolute Gasteiger partial charge is 0.480 e. The van der Waals surface area contributed by atoms with E-state index in [0.29, 0.717) is 10.7 Å². The van der Waals surface area contributed by atoms with E-state index in [1.54, 1.807) is 18.2 Å². The summed E-state index contributed by atoms with van der Waals surface area (Å²) >= 11 is 5.83. The number of urea groups is 1. The molecule has 0 atom stereocenters. The molecule has 0 saturated carbocycles. The number of carboxylic acid groups (broad SMARTS) is 1. The molecule has 6 heteroatoms.